The molecule has 1 aromatic carbocycles. The molecule has 1 aliphatic heterocycles. The number of aromatic nitrogens is 1. The topological polar surface area (TPSA) is 80.3 Å². The van der Waals surface area contributed by atoms with Crippen molar-refractivity contribution in [2.24, 2.45) is 0 Å². The first-order chi connectivity index (χ1) is 10.1. The monoisotopic (exact) mass is 303 g/mol. The van der Waals surface area contributed by atoms with Gasteiger partial charge in [-0.25, -0.2) is 9.78 Å². The van der Waals surface area contributed by atoms with E-state index in [1.165, 1.54) is 11.3 Å². The number of ether oxygens (including phenoxy) is 1. The molecule has 6 nitrogen and oxygen atoms in total. The van der Waals surface area contributed by atoms with Crippen LogP contribution in [-0.2, 0) is 9.53 Å². The number of benzene rings is 1. The summed E-state index contributed by atoms with van der Waals surface area (Å²) in [7, 11) is 0. The molecule has 2 amide bonds. The molecule has 0 saturated carbocycles. The molecule has 1 saturated heterocycles. The zero-order chi connectivity index (χ0) is 14.8. The molecule has 2 atom stereocenters. The highest BCUT2D eigenvalue weighted by molar-refractivity contribution is 7.13. The Balaban J connectivity index is 1.79. The van der Waals surface area contributed by atoms with Gasteiger partial charge < -0.3 is 15.4 Å². The van der Waals surface area contributed by atoms with Gasteiger partial charge in [0.1, 0.15) is 0 Å². The highest BCUT2D eigenvalue weighted by atomic mass is 32.1. The first kappa shape index (κ1) is 13.6. The quantitative estimate of drug-likeness (QED) is 0.911. The normalized spacial score (nSPS) is 20.7. The lowest BCUT2D eigenvalue weighted by molar-refractivity contribution is -0.119. The predicted molar refractivity (Wildman–Crippen MR) is 78.1 cm³/mol. The summed E-state index contributed by atoms with van der Waals surface area (Å²) in [6.45, 7) is 1.85. The first-order valence-corrected chi connectivity index (χ1v) is 7.26. The van der Waals surface area contributed by atoms with Crippen LogP contribution in [0.1, 0.15) is 17.4 Å². The number of anilines is 1. The lowest BCUT2D eigenvalue weighted by Crippen LogP contribution is -2.40. The Bertz CT molecular complexity index is 671. The summed E-state index contributed by atoms with van der Waals surface area (Å²) in [6.07, 6.45) is -1.24. The van der Waals surface area contributed by atoms with Crippen LogP contribution in [0.2, 0.25) is 0 Å². The molecular formula is C14H13N3O3S. The van der Waals surface area contributed by atoms with Crippen molar-refractivity contribution in [3.63, 3.8) is 0 Å². The molecule has 1 fully saturated rings. The number of carbonyl (C=O) groups excluding carboxylic acids is 2. The van der Waals surface area contributed by atoms with E-state index in [1.54, 1.807) is 0 Å². The van der Waals surface area contributed by atoms with E-state index >= 15 is 0 Å². The van der Waals surface area contributed by atoms with Crippen LogP contribution in [0.15, 0.2) is 35.7 Å². The van der Waals surface area contributed by atoms with Crippen LogP contribution in [0.4, 0.5) is 9.93 Å². The van der Waals surface area contributed by atoms with Crippen molar-refractivity contribution in [2.45, 2.75) is 19.1 Å². The number of thiazole rings is 1. The second-order valence-corrected chi connectivity index (χ2v) is 5.50. The summed E-state index contributed by atoms with van der Waals surface area (Å²) < 4.78 is 5.20. The van der Waals surface area contributed by atoms with Gasteiger partial charge in [0.05, 0.1) is 5.69 Å². The summed E-state index contributed by atoms with van der Waals surface area (Å²) in [6, 6.07) is 8.39. The summed E-state index contributed by atoms with van der Waals surface area (Å²) >= 11 is 1.34. The maximum atomic E-state index is 12.3. The van der Waals surface area contributed by atoms with E-state index in [9.17, 15) is 9.59 Å². The fourth-order valence-electron chi connectivity index (χ4n) is 2.12. The van der Waals surface area contributed by atoms with Crippen LogP contribution in [0.25, 0.3) is 0 Å². The third-order valence-electron chi connectivity index (χ3n) is 3.07. The number of carbonyl (C=O) groups is 2. The van der Waals surface area contributed by atoms with Crippen LogP contribution in [0.3, 0.4) is 0 Å². The minimum Gasteiger partial charge on any atom is -0.439 e. The Morgan fingerprint density at radius 3 is 2.81 bits per heavy atom. The number of aryl methyl sites for hydroxylation is 1. The zero-order valence-corrected chi connectivity index (χ0v) is 12.0. The molecule has 3 rings (SSSR count). The molecule has 2 N–H and O–H groups in total. The lowest BCUT2D eigenvalue weighted by Gasteiger charge is -2.16. The Morgan fingerprint density at radius 2 is 2.14 bits per heavy atom. The van der Waals surface area contributed by atoms with Crippen LogP contribution in [0.5, 0.6) is 0 Å². The lowest BCUT2D eigenvalue weighted by atomic mass is 10.0. The van der Waals surface area contributed by atoms with E-state index in [0.717, 1.165) is 11.3 Å². The molecule has 2 heterocycles. The van der Waals surface area contributed by atoms with Crippen LogP contribution in [-0.4, -0.2) is 23.0 Å². The van der Waals surface area contributed by atoms with Gasteiger partial charge in [0, 0.05) is 5.38 Å². The van der Waals surface area contributed by atoms with Gasteiger partial charge in [0.2, 0.25) is 0 Å². The molecular weight excluding hydrogens is 290 g/mol. The average molecular weight is 303 g/mol. The van der Waals surface area contributed by atoms with Crippen molar-refractivity contribution in [2.75, 3.05) is 5.32 Å². The number of cyclic esters (lactones) is 1. The number of alkyl carbamates (subject to hydrolysis) is 1. The standard InChI is InChI=1S/C14H13N3O3S/c1-8-7-21-13(15-8)17-12(18)10-11(20-14(19)16-10)9-5-3-2-4-6-9/h2-7,10-11H,1H3,(H,16,19)(H,15,17,18). The second kappa shape index (κ2) is 5.53. The second-order valence-electron chi connectivity index (χ2n) is 4.64. The van der Waals surface area contributed by atoms with E-state index < -0.39 is 18.2 Å². The molecule has 2 aromatic rings. The van der Waals surface area contributed by atoms with Gasteiger partial charge >= 0.3 is 6.09 Å². The highest BCUT2D eigenvalue weighted by Crippen LogP contribution is 2.27. The molecule has 21 heavy (non-hydrogen) atoms. The fraction of sp³-hybridized carbons (Fsp3) is 0.214. The third kappa shape index (κ3) is 2.87. The number of hydrogen-bond donors (Lipinski definition) is 2. The molecule has 0 spiro atoms. The number of rotatable bonds is 3. The summed E-state index contributed by atoms with van der Waals surface area (Å²) in [5, 5.41) is 7.58. The van der Waals surface area contributed by atoms with E-state index in [0.29, 0.717) is 5.13 Å². The summed E-state index contributed by atoms with van der Waals surface area (Å²) in [5.74, 6) is -0.343. The molecule has 2 unspecified atom stereocenters. The van der Waals surface area contributed by atoms with Crippen molar-refractivity contribution in [1.29, 1.82) is 0 Å². The minimum atomic E-state index is -0.774. The Labute approximate surface area is 125 Å². The molecule has 1 aromatic heterocycles. The molecule has 0 bridgehead atoms. The molecule has 0 aliphatic carbocycles. The third-order valence-corrected chi connectivity index (χ3v) is 3.95. The van der Waals surface area contributed by atoms with E-state index in [-0.39, 0.29) is 5.91 Å². The molecule has 108 valence electrons. The molecule has 7 heteroatoms. The van der Waals surface area contributed by atoms with Crippen LogP contribution in [0, 0.1) is 6.92 Å². The number of hydrogen-bond acceptors (Lipinski definition) is 5. The van der Waals surface area contributed by atoms with Gasteiger partial charge in [-0.2, -0.15) is 0 Å². The van der Waals surface area contributed by atoms with Crippen molar-refractivity contribution in [1.82, 2.24) is 10.3 Å². The summed E-state index contributed by atoms with van der Waals surface area (Å²) in [4.78, 5) is 28.0. The fourth-order valence-corrected chi connectivity index (χ4v) is 2.81. The number of nitrogens with zero attached hydrogens (tertiary/aromatic N) is 1. The maximum absolute atomic E-state index is 12.3. The van der Waals surface area contributed by atoms with Crippen molar-refractivity contribution >= 4 is 28.5 Å². The number of amides is 2. The Kier molecular flexibility index (Phi) is 3.57. The number of nitrogens with one attached hydrogen (secondary N) is 2. The van der Waals surface area contributed by atoms with E-state index in [2.05, 4.69) is 15.6 Å². The van der Waals surface area contributed by atoms with Crippen LogP contribution < -0.4 is 10.6 Å². The van der Waals surface area contributed by atoms with Crippen molar-refractivity contribution in [3.05, 3.63) is 47.0 Å². The van der Waals surface area contributed by atoms with Gasteiger partial charge in [0.15, 0.2) is 17.3 Å². The van der Waals surface area contributed by atoms with Gasteiger partial charge in [0.25, 0.3) is 5.91 Å². The Morgan fingerprint density at radius 1 is 1.38 bits per heavy atom. The molecule has 1 aliphatic rings. The van der Waals surface area contributed by atoms with E-state index in [1.807, 2.05) is 42.6 Å². The van der Waals surface area contributed by atoms with Crippen molar-refractivity contribution in [3.8, 4) is 0 Å². The predicted octanol–water partition coefficient (Wildman–Crippen LogP) is 2.24. The van der Waals surface area contributed by atoms with Crippen LogP contribution >= 0.6 is 11.3 Å². The average Bonchev–Trinajstić information content (AvgIpc) is 3.06. The van der Waals surface area contributed by atoms with Gasteiger partial charge in [-0.3, -0.25) is 4.79 Å². The zero-order valence-electron chi connectivity index (χ0n) is 11.2. The van der Waals surface area contributed by atoms with E-state index in [4.69, 9.17) is 4.74 Å². The van der Waals surface area contributed by atoms with Gasteiger partial charge in [-0.05, 0) is 12.5 Å². The SMILES string of the molecule is Cc1csc(NC(=O)C2NC(=O)OC2c2ccccc2)n1. The summed E-state index contributed by atoms with van der Waals surface area (Å²) in [5.41, 5.74) is 1.60. The van der Waals surface area contributed by atoms with Gasteiger partial charge in [-0.15, -0.1) is 11.3 Å². The Hall–Kier alpha value is -2.41. The molecule has 0 radical (unpaired) electrons. The first-order valence-electron chi connectivity index (χ1n) is 6.38. The highest BCUT2D eigenvalue weighted by Gasteiger charge is 2.40. The van der Waals surface area contributed by atoms with Crippen molar-refractivity contribution < 1.29 is 14.3 Å². The largest absolute Gasteiger partial charge is 0.439 e. The minimum absolute atomic E-state index is 0.343. The van der Waals surface area contributed by atoms with Gasteiger partial charge in [-0.1, -0.05) is 30.3 Å². The maximum Gasteiger partial charge on any atom is 0.408 e. The smallest absolute Gasteiger partial charge is 0.408 e.